The highest BCUT2D eigenvalue weighted by Gasteiger charge is 2.44. The van der Waals surface area contributed by atoms with Gasteiger partial charge in [0.25, 0.3) is 17.7 Å². The normalized spacial score (nSPS) is 21.9. The number of rotatable bonds is 7. The van der Waals surface area contributed by atoms with E-state index in [-0.39, 0.29) is 42.2 Å². The molecule has 2 N–H and O–H groups in total. The number of hydrogen-bond donors (Lipinski definition) is 2. The van der Waals surface area contributed by atoms with Crippen molar-refractivity contribution >= 4 is 36.7 Å². The number of imide groups is 2. The van der Waals surface area contributed by atoms with E-state index in [2.05, 4.69) is 10.6 Å². The zero-order chi connectivity index (χ0) is 24.6. The minimum atomic E-state index is -2.56. The van der Waals surface area contributed by atoms with E-state index in [1.807, 2.05) is 0 Å². The SMILES string of the molecule is CP(C)(=O)[C@@H](NC(=O)COc1ccc2c(c1)C(=O)N(C1CCC(=O)NC1=O)C2=O)C1CCCC1. The molecular formula is C23H28N3O7P. The molecule has 1 saturated heterocycles. The standard InChI is InChI=1S/C23H28N3O7P/c1-34(2,32)21(13-5-3-4-6-13)25-19(28)12-33-14-7-8-15-16(11-14)23(31)26(22(15)30)17-9-10-18(27)24-20(17)29/h7-8,11,13,17,21H,3-6,9-10,12H2,1-2H3,(H,25,28)(H,24,27,29)/t17?,21-/m1/s1. The van der Waals surface area contributed by atoms with Crippen LogP contribution < -0.4 is 15.4 Å². The monoisotopic (exact) mass is 489 g/mol. The van der Waals surface area contributed by atoms with Gasteiger partial charge in [-0.2, -0.15) is 0 Å². The summed E-state index contributed by atoms with van der Waals surface area (Å²) in [5.74, 6) is -2.78. The molecule has 2 heterocycles. The summed E-state index contributed by atoms with van der Waals surface area (Å²) in [5.41, 5.74) is 0.203. The van der Waals surface area contributed by atoms with Gasteiger partial charge in [-0.25, -0.2) is 0 Å². The molecule has 1 unspecified atom stereocenters. The highest BCUT2D eigenvalue weighted by atomic mass is 31.2. The van der Waals surface area contributed by atoms with Gasteiger partial charge in [0.15, 0.2) is 6.61 Å². The van der Waals surface area contributed by atoms with Crippen LogP contribution in [-0.2, 0) is 18.9 Å². The predicted octanol–water partition coefficient (Wildman–Crippen LogP) is 1.72. The van der Waals surface area contributed by atoms with Gasteiger partial charge in [-0.3, -0.25) is 34.2 Å². The maximum atomic E-state index is 12.9. The molecule has 0 aromatic heterocycles. The molecule has 2 aliphatic heterocycles. The van der Waals surface area contributed by atoms with Crippen molar-refractivity contribution in [2.24, 2.45) is 5.92 Å². The molecule has 0 radical (unpaired) electrons. The number of ether oxygens (including phenoxy) is 1. The molecule has 34 heavy (non-hydrogen) atoms. The summed E-state index contributed by atoms with van der Waals surface area (Å²) in [4.78, 5) is 62.6. The maximum Gasteiger partial charge on any atom is 0.262 e. The van der Waals surface area contributed by atoms with Crippen LogP contribution in [0, 0.1) is 5.92 Å². The summed E-state index contributed by atoms with van der Waals surface area (Å²) in [6, 6.07) is 3.21. The fraction of sp³-hybridized carbons (Fsp3) is 0.522. The Bertz CT molecular complexity index is 1110. The van der Waals surface area contributed by atoms with Crippen molar-refractivity contribution in [2.75, 3.05) is 19.9 Å². The molecule has 0 bridgehead atoms. The van der Waals surface area contributed by atoms with Gasteiger partial charge in [-0.05, 0) is 56.7 Å². The van der Waals surface area contributed by atoms with E-state index < -0.39 is 48.5 Å². The molecule has 1 aromatic rings. The van der Waals surface area contributed by atoms with Gasteiger partial charge in [-0.1, -0.05) is 12.8 Å². The highest BCUT2D eigenvalue weighted by Crippen LogP contribution is 2.48. The molecule has 2 fully saturated rings. The quantitative estimate of drug-likeness (QED) is 0.439. The molecule has 4 rings (SSSR count). The fourth-order valence-corrected chi connectivity index (χ4v) is 6.72. The van der Waals surface area contributed by atoms with E-state index in [1.165, 1.54) is 18.2 Å². The van der Waals surface area contributed by atoms with Crippen LogP contribution >= 0.6 is 7.14 Å². The van der Waals surface area contributed by atoms with Crippen LogP contribution in [0.4, 0.5) is 0 Å². The van der Waals surface area contributed by atoms with Gasteiger partial charge in [-0.15, -0.1) is 0 Å². The van der Waals surface area contributed by atoms with Crippen molar-refractivity contribution in [2.45, 2.75) is 50.3 Å². The average Bonchev–Trinajstić information content (AvgIpc) is 3.38. The summed E-state index contributed by atoms with van der Waals surface area (Å²) in [5, 5.41) is 5.02. The van der Waals surface area contributed by atoms with Crippen LogP contribution in [0.1, 0.15) is 59.2 Å². The summed E-state index contributed by atoms with van der Waals surface area (Å²) >= 11 is 0. The van der Waals surface area contributed by atoms with Crippen molar-refractivity contribution in [3.63, 3.8) is 0 Å². The van der Waals surface area contributed by atoms with Crippen LogP contribution in [0.3, 0.4) is 0 Å². The van der Waals surface area contributed by atoms with E-state index in [4.69, 9.17) is 4.74 Å². The van der Waals surface area contributed by atoms with Crippen molar-refractivity contribution < 1.29 is 33.3 Å². The summed E-state index contributed by atoms with van der Waals surface area (Å²) in [6.45, 7) is 3.02. The van der Waals surface area contributed by atoms with E-state index in [9.17, 15) is 28.5 Å². The Labute approximate surface area is 197 Å². The second-order valence-corrected chi connectivity index (χ2v) is 12.9. The largest absolute Gasteiger partial charge is 0.484 e. The third-order valence-corrected chi connectivity index (χ3v) is 8.50. The van der Waals surface area contributed by atoms with Crippen LogP contribution in [0.5, 0.6) is 5.75 Å². The number of nitrogens with zero attached hydrogens (tertiary/aromatic N) is 1. The minimum absolute atomic E-state index is 0.0393. The van der Waals surface area contributed by atoms with Crippen molar-refractivity contribution in [1.82, 2.24) is 15.5 Å². The first-order valence-electron chi connectivity index (χ1n) is 11.4. The Balaban J connectivity index is 1.42. The molecule has 2 atom stereocenters. The second kappa shape index (κ2) is 9.33. The number of carbonyl (C=O) groups excluding carboxylic acids is 5. The molecule has 11 heteroatoms. The highest BCUT2D eigenvalue weighted by molar-refractivity contribution is 7.63. The molecule has 1 aliphatic carbocycles. The van der Waals surface area contributed by atoms with Crippen molar-refractivity contribution in [3.8, 4) is 5.75 Å². The fourth-order valence-electron chi connectivity index (χ4n) is 4.95. The lowest BCUT2D eigenvalue weighted by atomic mass is 10.0. The van der Waals surface area contributed by atoms with Gasteiger partial charge in [0.1, 0.15) is 18.9 Å². The molecule has 1 saturated carbocycles. The van der Waals surface area contributed by atoms with Crippen LogP contribution in [0.15, 0.2) is 18.2 Å². The van der Waals surface area contributed by atoms with E-state index in [0.717, 1.165) is 30.6 Å². The third-order valence-electron chi connectivity index (χ3n) is 6.61. The zero-order valence-electron chi connectivity index (χ0n) is 19.2. The predicted molar refractivity (Wildman–Crippen MR) is 122 cm³/mol. The van der Waals surface area contributed by atoms with Gasteiger partial charge < -0.3 is 14.6 Å². The third kappa shape index (κ3) is 4.78. The molecule has 182 valence electrons. The first-order chi connectivity index (χ1) is 16.1. The molecule has 1 aromatic carbocycles. The molecule has 10 nitrogen and oxygen atoms in total. The average molecular weight is 489 g/mol. The van der Waals surface area contributed by atoms with E-state index >= 15 is 0 Å². The lowest BCUT2D eigenvalue weighted by molar-refractivity contribution is -0.136. The molecule has 3 aliphatic rings. The summed E-state index contributed by atoms with van der Waals surface area (Å²) in [6.07, 6.45) is 4.10. The van der Waals surface area contributed by atoms with E-state index in [1.54, 1.807) is 13.3 Å². The van der Waals surface area contributed by atoms with Crippen LogP contribution in [0.25, 0.3) is 0 Å². The first-order valence-corrected chi connectivity index (χ1v) is 14.1. The Morgan fingerprint density at radius 3 is 2.44 bits per heavy atom. The maximum absolute atomic E-state index is 12.9. The lowest BCUT2D eigenvalue weighted by Crippen LogP contribution is -2.54. The summed E-state index contributed by atoms with van der Waals surface area (Å²) < 4.78 is 18.3. The Hall–Kier alpha value is -3.00. The number of amides is 5. The van der Waals surface area contributed by atoms with Crippen molar-refractivity contribution in [1.29, 1.82) is 0 Å². The summed E-state index contributed by atoms with van der Waals surface area (Å²) in [7, 11) is -2.56. The first kappa shape index (κ1) is 24.1. The Kier molecular flexibility index (Phi) is 6.62. The van der Waals surface area contributed by atoms with Crippen LogP contribution in [0.2, 0.25) is 0 Å². The van der Waals surface area contributed by atoms with Gasteiger partial charge >= 0.3 is 0 Å². The Morgan fingerprint density at radius 1 is 1.12 bits per heavy atom. The molecular weight excluding hydrogens is 461 g/mol. The second-order valence-electron chi connectivity index (χ2n) is 9.43. The number of piperidine rings is 1. The van der Waals surface area contributed by atoms with E-state index in [0.29, 0.717) is 0 Å². The number of fused-ring (bicyclic) bond motifs is 1. The minimum Gasteiger partial charge on any atom is -0.484 e. The lowest BCUT2D eigenvalue weighted by Gasteiger charge is -2.28. The Morgan fingerprint density at radius 2 is 1.79 bits per heavy atom. The van der Waals surface area contributed by atoms with Crippen molar-refractivity contribution in [3.05, 3.63) is 29.3 Å². The zero-order valence-corrected chi connectivity index (χ0v) is 20.1. The van der Waals surface area contributed by atoms with Gasteiger partial charge in [0.05, 0.1) is 16.9 Å². The van der Waals surface area contributed by atoms with Crippen LogP contribution in [-0.4, -0.2) is 66.2 Å². The number of benzene rings is 1. The smallest absolute Gasteiger partial charge is 0.262 e. The van der Waals surface area contributed by atoms with Gasteiger partial charge in [0, 0.05) is 6.42 Å². The molecule has 5 amide bonds. The number of hydrogen-bond acceptors (Lipinski definition) is 7. The topological polar surface area (TPSA) is 139 Å². The van der Waals surface area contributed by atoms with Gasteiger partial charge in [0.2, 0.25) is 11.8 Å². The number of nitrogens with one attached hydrogen (secondary N) is 2. The number of carbonyl (C=O) groups is 5. The molecule has 0 spiro atoms.